The molecule has 3 nitrogen and oxygen atoms in total. The van der Waals surface area contributed by atoms with E-state index in [2.05, 4.69) is 24.5 Å². The van der Waals surface area contributed by atoms with E-state index in [0.29, 0.717) is 11.6 Å². The quantitative estimate of drug-likeness (QED) is 0.879. The van der Waals surface area contributed by atoms with E-state index in [1.165, 1.54) is 25.7 Å². The number of benzene rings is 1. The van der Waals surface area contributed by atoms with Crippen molar-refractivity contribution < 1.29 is 4.79 Å². The van der Waals surface area contributed by atoms with E-state index in [9.17, 15) is 4.79 Å². The van der Waals surface area contributed by atoms with Crippen LogP contribution in [-0.4, -0.2) is 19.0 Å². The maximum Gasteiger partial charge on any atom is 0.251 e. The predicted molar refractivity (Wildman–Crippen MR) is 84.0 cm³/mol. The van der Waals surface area contributed by atoms with Crippen LogP contribution in [-0.2, 0) is 0 Å². The van der Waals surface area contributed by atoms with Crippen LogP contribution in [0.25, 0.3) is 0 Å². The van der Waals surface area contributed by atoms with Gasteiger partial charge in [0, 0.05) is 24.3 Å². The monoisotopic (exact) mass is 274 g/mol. The third-order valence-corrected chi connectivity index (χ3v) is 4.40. The molecule has 2 rings (SSSR count). The zero-order valence-corrected chi connectivity index (χ0v) is 12.8. The van der Waals surface area contributed by atoms with Gasteiger partial charge in [-0.05, 0) is 48.9 Å². The molecular formula is C17H26N2O. The first kappa shape index (κ1) is 14.9. The van der Waals surface area contributed by atoms with Gasteiger partial charge in [-0.25, -0.2) is 0 Å². The summed E-state index contributed by atoms with van der Waals surface area (Å²) in [6, 6.07) is 8.35. The Bertz CT molecular complexity index is 439. The van der Waals surface area contributed by atoms with Crippen LogP contribution in [0.5, 0.6) is 0 Å². The first-order valence-electron chi connectivity index (χ1n) is 7.70. The van der Waals surface area contributed by atoms with Gasteiger partial charge in [-0.15, -0.1) is 0 Å². The Morgan fingerprint density at radius 1 is 1.15 bits per heavy atom. The van der Waals surface area contributed by atoms with Crippen molar-refractivity contribution in [3.8, 4) is 0 Å². The molecule has 1 aromatic carbocycles. The molecule has 1 aliphatic rings. The summed E-state index contributed by atoms with van der Waals surface area (Å²) in [5, 5.41) is 6.31. The molecule has 3 heteroatoms. The molecule has 2 N–H and O–H groups in total. The average Bonchev–Trinajstić information content (AvgIpc) is 2.47. The van der Waals surface area contributed by atoms with Crippen LogP contribution in [0.1, 0.15) is 49.9 Å². The highest BCUT2D eigenvalue weighted by molar-refractivity contribution is 5.94. The zero-order valence-electron chi connectivity index (χ0n) is 12.8. The minimum absolute atomic E-state index is 0.0331. The molecule has 0 radical (unpaired) electrons. The third-order valence-electron chi connectivity index (χ3n) is 4.40. The molecule has 2 unspecified atom stereocenters. The lowest BCUT2D eigenvalue weighted by atomic mass is 9.78. The standard InChI is InChI=1S/C17H26N2O/c1-12(2)15-6-4-5-7-16(15)19-14-10-8-13(9-11-14)17(20)18-3/h8-12,15-16,19H,4-7H2,1-3H3,(H,18,20). The molecule has 2 atom stereocenters. The Hall–Kier alpha value is -1.51. The first-order valence-corrected chi connectivity index (χ1v) is 7.70. The molecule has 0 saturated heterocycles. The third kappa shape index (κ3) is 3.53. The number of amides is 1. The average molecular weight is 274 g/mol. The minimum atomic E-state index is -0.0331. The Morgan fingerprint density at radius 2 is 1.80 bits per heavy atom. The fourth-order valence-electron chi connectivity index (χ4n) is 3.21. The molecule has 0 aromatic heterocycles. The summed E-state index contributed by atoms with van der Waals surface area (Å²) < 4.78 is 0. The van der Waals surface area contributed by atoms with Gasteiger partial charge >= 0.3 is 0 Å². The Balaban J connectivity index is 2.03. The molecule has 1 saturated carbocycles. The van der Waals surface area contributed by atoms with Crippen molar-refractivity contribution in [1.82, 2.24) is 5.32 Å². The molecule has 1 aliphatic carbocycles. The number of anilines is 1. The molecular weight excluding hydrogens is 248 g/mol. The van der Waals surface area contributed by atoms with E-state index in [1.54, 1.807) is 7.05 Å². The molecule has 0 spiro atoms. The minimum Gasteiger partial charge on any atom is -0.382 e. The molecule has 1 aromatic rings. The fraction of sp³-hybridized carbons (Fsp3) is 0.588. The van der Waals surface area contributed by atoms with Gasteiger partial charge in [-0.3, -0.25) is 4.79 Å². The SMILES string of the molecule is CNC(=O)c1ccc(NC2CCCCC2C(C)C)cc1. The van der Waals surface area contributed by atoms with Crippen LogP contribution in [0.4, 0.5) is 5.69 Å². The summed E-state index contributed by atoms with van der Waals surface area (Å²) in [5.74, 6) is 1.44. The van der Waals surface area contributed by atoms with Crippen molar-refractivity contribution in [2.24, 2.45) is 11.8 Å². The van der Waals surface area contributed by atoms with E-state index in [4.69, 9.17) is 0 Å². The molecule has 1 fully saturated rings. The van der Waals surface area contributed by atoms with Crippen LogP contribution in [0.2, 0.25) is 0 Å². The van der Waals surface area contributed by atoms with Crippen LogP contribution >= 0.6 is 0 Å². The van der Waals surface area contributed by atoms with E-state index in [-0.39, 0.29) is 5.91 Å². The molecule has 0 heterocycles. The number of carbonyl (C=O) groups is 1. The largest absolute Gasteiger partial charge is 0.382 e. The molecule has 0 bridgehead atoms. The van der Waals surface area contributed by atoms with Gasteiger partial charge in [-0.1, -0.05) is 26.7 Å². The van der Waals surface area contributed by atoms with Gasteiger partial charge in [-0.2, -0.15) is 0 Å². The van der Waals surface area contributed by atoms with Gasteiger partial charge in [0.1, 0.15) is 0 Å². The lowest BCUT2D eigenvalue weighted by molar-refractivity contribution is 0.0963. The van der Waals surface area contributed by atoms with Crippen LogP contribution in [0, 0.1) is 11.8 Å². The lowest BCUT2D eigenvalue weighted by Gasteiger charge is -2.35. The summed E-state index contributed by atoms with van der Waals surface area (Å²) in [4.78, 5) is 11.5. The second kappa shape index (κ2) is 6.78. The highest BCUT2D eigenvalue weighted by atomic mass is 16.1. The molecule has 110 valence electrons. The van der Waals surface area contributed by atoms with Crippen LogP contribution in [0.3, 0.4) is 0 Å². The van der Waals surface area contributed by atoms with Gasteiger partial charge in [0.15, 0.2) is 0 Å². The number of hydrogen-bond acceptors (Lipinski definition) is 2. The van der Waals surface area contributed by atoms with Gasteiger partial charge in [0.2, 0.25) is 0 Å². The van der Waals surface area contributed by atoms with Crippen molar-refractivity contribution >= 4 is 11.6 Å². The maximum absolute atomic E-state index is 11.5. The Morgan fingerprint density at radius 3 is 2.40 bits per heavy atom. The maximum atomic E-state index is 11.5. The van der Waals surface area contributed by atoms with Crippen molar-refractivity contribution in [2.45, 2.75) is 45.6 Å². The summed E-state index contributed by atoms with van der Waals surface area (Å²) >= 11 is 0. The van der Waals surface area contributed by atoms with Crippen molar-refractivity contribution in [3.05, 3.63) is 29.8 Å². The summed E-state index contributed by atoms with van der Waals surface area (Å²) in [5.41, 5.74) is 1.83. The van der Waals surface area contributed by atoms with E-state index in [0.717, 1.165) is 17.5 Å². The molecule has 0 aliphatic heterocycles. The summed E-state index contributed by atoms with van der Waals surface area (Å²) in [6.07, 6.45) is 5.25. The summed E-state index contributed by atoms with van der Waals surface area (Å²) in [6.45, 7) is 4.64. The van der Waals surface area contributed by atoms with E-state index in [1.807, 2.05) is 24.3 Å². The number of nitrogens with one attached hydrogen (secondary N) is 2. The van der Waals surface area contributed by atoms with Gasteiger partial charge < -0.3 is 10.6 Å². The van der Waals surface area contributed by atoms with E-state index < -0.39 is 0 Å². The molecule has 20 heavy (non-hydrogen) atoms. The van der Waals surface area contributed by atoms with Crippen molar-refractivity contribution in [3.63, 3.8) is 0 Å². The Kier molecular flexibility index (Phi) is 5.05. The lowest BCUT2D eigenvalue weighted by Crippen LogP contribution is -2.35. The normalized spacial score (nSPS) is 22.6. The van der Waals surface area contributed by atoms with Gasteiger partial charge in [0.05, 0.1) is 0 Å². The van der Waals surface area contributed by atoms with E-state index >= 15 is 0 Å². The second-order valence-electron chi connectivity index (χ2n) is 6.10. The highest BCUT2D eigenvalue weighted by Crippen LogP contribution is 2.32. The summed E-state index contributed by atoms with van der Waals surface area (Å²) in [7, 11) is 1.66. The van der Waals surface area contributed by atoms with Gasteiger partial charge in [0.25, 0.3) is 5.91 Å². The van der Waals surface area contributed by atoms with Crippen LogP contribution in [0.15, 0.2) is 24.3 Å². The number of hydrogen-bond donors (Lipinski definition) is 2. The van der Waals surface area contributed by atoms with Crippen molar-refractivity contribution in [2.75, 3.05) is 12.4 Å². The predicted octanol–water partition coefficient (Wildman–Crippen LogP) is 3.67. The first-order chi connectivity index (χ1) is 9.61. The number of carbonyl (C=O) groups excluding carboxylic acids is 1. The number of rotatable bonds is 4. The van der Waals surface area contributed by atoms with Crippen LogP contribution < -0.4 is 10.6 Å². The molecule has 1 amide bonds. The fourth-order valence-corrected chi connectivity index (χ4v) is 3.21. The topological polar surface area (TPSA) is 41.1 Å². The van der Waals surface area contributed by atoms with Crippen molar-refractivity contribution in [1.29, 1.82) is 0 Å². The second-order valence-corrected chi connectivity index (χ2v) is 6.10. The smallest absolute Gasteiger partial charge is 0.251 e. The Labute approximate surface area is 122 Å². The zero-order chi connectivity index (χ0) is 14.5. The highest BCUT2D eigenvalue weighted by Gasteiger charge is 2.27.